The fraction of sp³-hybridized carbons (Fsp3) is 0.900. The zero-order valence-electron chi connectivity index (χ0n) is 22.6. The van der Waals surface area contributed by atoms with Crippen LogP contribution in [0.5, 0.6) is 0 Å². The Kier molecular flexibility index (Phi) is 8.81. The van der Waals surface area contributed by atoms with E-state index in [9.17, 15) is 4.79 Å². The van der Waals surface area contributed by atoms with Gasteiger partial charge < -0.3 is 5.73 Å². The number of carbonyl (C=O) groups excluding carboxylic acids is 1. The molecule has 0 aromatic carbocycles. The third-order valence-corrected chi connectivity index (χ3v) is 13.8. The summed E-state index contributed by atoms with van der Waals surface area (Å²) in [5.74, 6) is 6.17. The van der Waals surface area contributed by atoms with E-state index in [0.717, 1.165) is 41.3 Å². The summed E-state index contributed by atoms with van der Waals surface area (Å²) in [6, 6.07) is 0. The molecule has 34 heavy (non-hydrogen) atoms. The van der Waals surface area contributed by atoms with Crippen LogP contribution in [-0.2, 0) is 4.79 Å². The highest BCUT2D eigenvalue weighted by Gasteiger charge is 2.59. The first-order valence-electron chi connectivity index (χ1n) is 14.4. The predicted octanol–water partition coefficient (Wildman–Crippen LogP) is 8.65. The van der Waals surface area contributed by atoms with Crippen LogP contribution in [0.15, 0.2) is 11.6 Å². The maximum absolute atomic E-state index is 11.0. The van der Waals surface area contributed by atoms with Gasteiger partial charge in [-0.3, -0.25) is 4.79 Å². The van der Waals surface area contributed by atoms with E-state index in [0.29, 0.717) is 22.5 Å². The van der Waals surface area contributed by atoms with Crippen LogP contribution in [0.3, 0.4) is 0 Å². The number of hydrogen-bond donors (Lipinski definition) is 1. The van der Waals surface area contributed by atoms with Gasteiger partial charge in [0.25, 0.3) is 0 Å². The lowest BCUT2D eigenvalue weighted by atomic mass is 9.47. The monoisotopic (exact) mass is 505 g/mol. The predicted molar refractivity (Wildman–Crippen MR) is 151 cm³/mol. The molecule has 0 aromatic rings. The lowest BCUT2D eigenvalue weighted by molar-refractivity contribution is -0.117. The Bertz CT molecular complexity index is 750. The van der Waals surface area contributed by atoms with E-state index < -0.39 is 0 Å². The topological polar surface area (TPSA) is 43.1 Å². The summed E-state index contributed by atoms with van der Waals surface area (Å²) in [6.45, 7) is 12.7. The van der Waals surface area contributed by atoms with Crippen molar-refractivity contribution >= 4 is 27.5 Å². The van der Waals surface area contributed by atoms with E-state index in [1.54, 1.807) is 5.57 Å². The maximum atomic E-state index is 11.0. The van der Waals surface area contributed by atoms with E-state index >= 15 is 0 Å². The molecular formula is C30H51NOS2. The van der Waals surface area contributed by atoms with Gasteiger partial charge in [-0.05, 0) is 97.7 Å². The standard InChI is InChI=1S/C30H51NOS2/c1-20(2)7-6-8-21(3)25-11-12-26-24-10-9-22-19-23(34-33-18-15-28(31)32)13-16-29(22,4)27(24)14-17-30(25,26)5/h9,20-21,23-27H,6-8,10-19H2,1-5H3,(H2,31,32)/t21-,23+,24?,25-,26?,27?,29+,30-/m1/s1. The molecule has 0 aliphatic heterocycles. The van der Waals surface area contributed by atoms with E-state index in [-0.39, 0.29) is 5.91 Å². The molecule has 3 fully saturated rings. The van der Waals surface area contributed by atoms with Crippen LogP contribution in [0.4, 0.5) is 0 Å². The van der Waals surface area contributed by atoms with E-state index in [1.165, 1.54) is 70.6 Å². The lowest BCUT2D eigenvalue weighted by Crippen LogP contribution is -2.50. The molecule has 4 heteroatoms. The summed E-state index contributed by atoms with van der Waals surface area (Å²) in [6.07, 6.45) is 18.7. The highest BCUT2D eigenvalue weighted by molar-refractivity contribution is 8.76. The minimum atomic E-state index is -0.172. The third-order valence-electron chi connectivity index (χ3n) is 10.9. The molecule has 0 heterocycles. The summed E-state index contributed by atoms with van der Waals surface area (Å²) in [5, 5.41) is 0.713. The molecule has 4 rings (SSSR count). The first kappa shape index (κ1) is 27.0. The molecule has 3 unspecified atom stereocenters. The first-order valence-corrected chi connectivity index (χ1v) is 16.8. The number of amides is 1. The number of hydrogen-bond acceptors (Lipinski definition) is 3. The van der Waals surface area contributed by atoms with Crippen molar-refractivity contribution < 1.29 is 4.79 Å². The molecule has 4 aliphatic carbocycles. The van der Waals surface area contributed by atoms with E-state index in [2.05, 4.69) is 40.7 Å². The Balaban J connectivity index is 1.38. The molecule has 1 amide bonds. The molecule has 0 aromatic heterocycles. The van der Waals surface area contributed by atoms with Gasteiger partial charge in [-0.25, -0.2) is 0 Å². The molecule has 4 aliphatic rings. The van der Waals surface area contributed by atoms with Gasteiger partial charge in [0, 0.05) is 17.4 Å². The average molecular weight is 506 g/mol. The zero-order chi connectivity index (χ0) is 24.5. The SMILES string of the molecule is CC(C)CCC[C@@H](C)[C@H]1CCC2C3CC=C4C[C@@H](SSCCC(N)=O)CC[C@]4(C)C3CC[C@@]21C. The van der Waals surface area contributed by atoms with Crippen molar-refractivity contribution in [2.24, 2.45) is 52.1 Å². The second-order valence-corrected chi connectivity index (χ2v) is 16.1. The lowest BCUT2D eigenvalue weighted by Gasteiger charge is -2.58. The summed E-state index contributed by atoms with van der Waals surface area (Å²) in [4.78, 5) is 11.0. The number of carbonyl (C=O) groups is 1. The van der Waals surface area contributed by atoms with Crippen LogP contribution in [0.1, 0.15) is 112 Å². The Labute approximate surface area is 218 Å². The summed E-state index contributed by atoms with van der Waals surface area (Å²) in [5.41, 5.74) is 8.13. The van der Waals surface area contributed by atoms with E-state index in [4.69, 9.17) is 5.73 Å². The van der Waals surface area contributed by atoms with Gasteiger partial charge in [-0.15, -0.1) is 0 Å². The van der Waals surface area contributed by atoms with Crippen LogP contribution in [0.2, 0.25) is 0 Å². The van der Waals surface area contributed by atoms with Gasteiger partial charge in [-0.1, -0.05) is 87.1 Å². The zero-order valence-corrected chi connectivity index (χ0v) is 24.2. The number of primary amides is 1. The van der Waals surface area contributed by atoms with Gasteiger partial charge in [0.1, 0.15) is 0 Å². The van der Waals surface area contributed by atoms with Gasteiger partial charge in [0.05, 0.1) is 0 Å². The fourth-order valence-corrected chi connectivity index (χ4v) is 11.7. The average Bonchev–Trinajstić information content (AvgIpc) is 3.13. The second-order valence-electron chi connectivity index (χ2n) is 13.3. The highest BCUT2D eigenvalue weighted by atomic mass is 33.1. The summed E-state index contributed by atoms with van der Waals surface area (Å²) >= 11 is 0. The molecule has 8 atom stereocenters. The number of fused-ring (bicyclic) bond motifs is 5. The Morgan fingerprint density at radius 3 is 2.62 bits per heavy atom. The summed E-state index contributed by atoms with van der Waals surface area (Å²) < 4.78 is 0. The number of allylic oxidation sites excluding steroid dienone is 2. The minimum Gasteiger partial charge on any atom is -0.370 e. The highest BCUT2D eigenvalue weighted by Crippen LogP contribution is 2.67. The smallest absolute Gasteiger partial charge is 0.218 e. The van der Waals surface area contributed by atoms with Crippen LogP contribution >= 0.6 is 21.6 Å². The Hall–Kier alpha value is -0.0900. The van der Waals surface area contributed by atoms with Gasteiger partial charge in [0.2, 0.25) is 5.91 Å². The van der Waals surface area contributed by atoms with Crippen molar-refractivity contribution in [3.05, 3.63) is 11.6 Å². The molecule has 2 nitrogen and oxygen atoms in total. The molecular weight excluding hydrogens is 454 g/mol. The fourth-order valence-electron chi connectivity index (χ4n) is 9.02. The maximum Gasteiger partial charge on any atom is 0.218 e. The minimum absolute atomic E-state index is 0.172. The molecule has 2 N–H and O–H groups in total. The Morgan fingerprint density at radius 1 is 1.09 bits per heavy atom. The third kappa shape index (κ3) is 5.43. The molecule has 0 saturated heterocycles. The van der Waals surface area contributed by atoms with Crippen LogP contribution in [-0.4, -0.2) is 16.9 Å². The number of nitrogens with two attached hydrogens (primary N) is 1. The Morgan fingerprint density at radius 2 is 1.88 bits per heavy atom. The van der Waals surface area contributed by atoms with Crippen molar-refractivity contribution in [3.8, 4) is 0 Å². The first-order chi connectivity index (χ1) is 16.1. The normalized spacial score (nSPS) is 40.3. The van der Waals surface area contributed by atoms with Crippen molar-refractivity contribution in [3.63, 3.8) is 0 Å². The van der Waals surface area contributed by atoms with E-state index in [1.807, 2.05) is 21.6 Å². The van der Waals surface area contributed by atoms with Crippen molar-refractivity contribution in [2.45, 2.75) is 117 Å². The van der Waals surface area contributed by atoms with Crippen molar-refractivity contribution in [1.29, 1.82) is 0 Å². The molecule has 194 valence electrons. The molecule has 0 bridgehead atoms. The van der Waals surface area contributed by atoms with Crippen LogP contribution < -0.4 is 5.73 Å². The molecule has 0 spiro atoms. The van der Waals surface area contributed by atoms with Crippen molar-refractivity contribution in [2.75, 3.05) is 5.75 Å². The van der Waals surface area contributed by atoms with Crippen LogP contribution in [0, 0.1) is 46.3 Å². The van der Waals surface area contributed by atoms with Crippen molar-refractivity contribution in [1.82, 2.24) is 0 Å². The van der Waals surface area contributed by atoms with Gasteiger partial charge in [0.15, 0.2) is 0 Å². The number of rotatable bonds is 10. The van der Waals surface area contributed by atoms with Gasteiger partial charge in [-0.2, -0.15) is 0 Å². The molecule has 0 radical (unpaired) electrons. The van der Waals surface area contributed by atoms with Crippen LogP contribution in [0.25, 0.3) is 0 Å². The van der Waals surface area contributed by atoms with Gasteiger partial charge >= 0.3 is 0 Å². The largest absolute Gasteiger partial charge is 0.370 e. The molecule has 3 saturated carbocycles. The quantitative estimate of drug-likeness (QED) is 0.183. The summed E-state index contributed by atoms with van der Waals surface area (Å²) in [7, 11) is 3.88. The second kappa shape index (κ2) is 11.1.